The van der Waals surface area contributed by atoms with E-state index in [4.69, 9.17) is 0 Å². The van der Waals surface area contributed by atoms with Gasteiger partial charge in [-0.1, -0.05) is 13.0 Å². The lowest BCUT2D eigenvalue weighted by Gasteiger charge is -2.18. The molecule has 1 nitrogen and oxygen atoms in total. The summed E-state index contributed by atoms with van der Waals surface area (Å²) in [5.74, 6) is -1.98. The molecule has 0 bridgehead atoms. The molecule has 0 saturated carbocycles. The monoisotopic (exact) mass is 357 g/mol. The molecule has 1 atom stereocenters. The molecular weight excluding hydrogens is 343 g/mol. The quantitative estimate of drug-likeness (QED) is 0.741. The molecule has 0 fully saturated rings. The van der Waals surface area contributed by atoms with E-state index in [0.29, 0.717) is 12.1 Å². The second-order valence-corrected chi connectivity index (χ2v) is 5.58. The zero-order valence-electron chi connectivity index (χ0n) is 11.7. The van der Waals surface area contributed by atoms with Crippen LogP contribution < -0.4 is 5.32 Å². The number of hydrogen-bond acceptors (Lipinski definition) is 1. The summed E-state index contributed by atoms with van der Waals surface area (Å²) in [6, 6.07) is 6.31. The van der Waals surface area contributed by atoms with Crippen LogP contribution in [-0.2, 0) is 0 Å². The molecule has 5 heteroatoms. The van der Waals surface area contributed by atoms with Crippen LogP contribution in [0.5, 0.6) is 0 Å². The van der Waals surface area contributed by atoms with Crippen LogP contribution in [0.4, 0.5) is 13.2 Å². The van der Waals surface area contributed by atoms with Gasteiger partial charge in [0.15, 0.2) is 0 Å². The van der Waals surface area contributed by atoms with Crippen molar-refractivity contribution < 1.29 is 13.2 Å². The Labute approximate surface area is 130 Å². The Hall–Kier alpha value is -1.33. The van der Waals surface area contributed by atoms with Gasteiger partial charge < -0.3 is 5.32 Å². The van der Waals surface area contributed by atoms with Crippen molar-refractivity contribution in [3.05, 3.63) is 57.8 Å². The van der Waals surface area contributed by atoms with Crippen LogP contribution in [0.15, 0.2) is 34.8 Å². The zero-order chi connectivity index (χ0) is 15.6. The number of halogens is 4. The highest BCUT2D eigenvalue weighted by molar-refractivity contribution is 9.10. The molecule has 21 heavy (non-hydrogen) atoms. The van der Waals surface area contributed by atoms with Gasteiger partial charge in [0.05, 0.1) is 10.0 Å². The molecule has 2 aromatic rings. The second kappa shape index (κ2) is 6.62. The summed E-state index contributed by atoms with van der Waals surface area (Å²) in [4.78, 5) is 0. The predicted molar refractivity (Wildman–Crippen MR) is 81.5 cm³/mol. The van der Waals surface area contributed by atoms with Gasteiger partial charge in [0, 0.05) is 6.04 Å². The standard InChI is InChI=1S/C16H15BrF3N/c1-3-21-9(2)11-5-4-10(18)8-12(11)15-14(19)7-6-13(17)16(15)20/h4-9,21H,3H2,1-2H3. The SMILES string of the molecule is CCNC(C)c1ccc(F)cc1-c1c(F)ccc(Br)c1F. The molecule has 0 amide bonds. The third-order valence-corrected chi connectivity index (χ3v) is 3.92. The van der Waals surface area contributed by atoms with E-state index in [-0.39, 0.29) is 21.6 Å². The van der Waals surface area contributed by atoms with E-state index < -0.39 is 17.5 Å². The molecular formula is C16H15BrF3N. The molecule has 0 aliphatic heterocycles. The predicted octanol–water partition coefficient (Wildman–Crippen LogP) is 5.20. The van der Waals surface area contributed by atoms with Gasteiger partial charge in [-0.2, -0.15) is 0 Å². The molecule has 0 spiro atoms. The molecule has 0 aromatic heterocycles. The average molecular weight is 358 g/mol. The molecule has 2 rings (SSSR count). The largest absolute Gasteiger partial charge is 0.310 e. The van der Waals surface area contributed by atoms with Gasteiger partial charge in [-0.15, -0.1) is 0 Å². The lowest BCUT2D eigenvalue weighted by molar-refractivity contribution is 0.576. The molecule has 112 valence electrons. The Morgan fingerprint density at radius 2 is 1.86 bits per heavy atom. The van der Waals surface area contributed by atoms with Crippen LogP contribution in [0.25, 0.3) is 11.1 Å². The average Bonchev–Trinajstić information content (AvgIpc) is 2.44. The van der Waals surface area contributed by atoms with Crippen molar-refractivity contribution in [3.63, 3.8) is 0 Å². The fourth-order valence-corrected chi connectivity index (χ4v) is 2.64. The first kappa shape index (κ1) is 16.0. The summed E-state index contributed by atoms with van der Waals surface area (Å²) in [6.07, 6.45) is 0. The van der Waals surface area contributed by atoms with Crippen molar-refractivity contribution >= 4 is 15.9 Å². The van der Waals surface area contributed by atoms with Gasteiger partial charge in [-0.25, -0.2) is 13.2 Å². The summed E-state index contributed by atoms with van der Waals surface area (Å²) in [7, 11) is 0. The molecule has 0 heterocycles. The summed E-state index contributed by atoms with van der Waals surface area (Å²) in [5, 5.41) is 3.17. The van der Waals surface area contributed by atoms with E-state index in [1.54, 1.807) is 6.07 Å². The van der Waals surface area contributed by atoms with Crippen molar-refractivity contribution in [2.45, 2.75) is 19.9 Å². The van der Waals surface area contributed by atoms with Crippen LogP contribution in [0, 0.1) is 17.5 Å². The fourth-order valence-electron chi connectivity index (χ4n) is 2.31. The minimum absolute atomic E-state index is 0.144. The maximum absolute atomic E-state index is 14.3. The summed E-state index contributed by atoms with van der Waals surface area (Å²) in [6.45, 7) is 4.50. The maximum atomic E-state index is 14.3. The normalized spacial score (nSPS) is 12.5. The maximum Gasteiger partial charge on any atom is 0.148 e. The first-order valence-corrected chi connectivity index (χ1v) is 7.41. The van der Waals surface area contributed by atoms with Gasteiger partial charge in [0.1, 0.15) is 17.5 Å². The molecule has 1 unspecified atom stereocenters. The number of rotatable bonds is 4. The summed E-state index contributed by atoms with van der Waals surface area (Å²) >= 11 is 3.04. The van der Waals surface area contributed by atoms with Gasteiger partial charge in [0.2, 0.25) is 0 Å². The zero-order valence-corrected chi connectivity index (χ0v) is 13.3. The van der Waals surface area contributed by atoms with Crippen LogP contribution in [0.1, 0.15) is 25.5 Å². The minimum Gasteiger partial charge on any atom is -0.310 e. The third-order valence-electron chi connectivity index (χ3n) is 3.31. The Morgan fingerprint density at radius 1 is 1.14 bits per heavy atom. The molecule has 0 aliphatic rings. The number of nitrogens with one attached hydrogen (secondary N) is 1. The van der Waals surface area contributed by atoms with E-state index in [2.05, 4.69) is 21.2 Å². The fraction of sp³-hybridized carbons (Fsp3) is 0.250. The molecule has 0 saturated heterocycles. The topological polar surface area (TPSA) is 12.0 Å². The Balaban J connectivity index is 2.68. The molecule has 2 aromatic carbocycles. The van der Waals surface area contributed by atoms with Crippen molar-refractivity contribution in [1.82, 2.24) is 5.32 Å². The van der Waals surface area contributed by atoms with E-state index in [0.717, 1.165) is 12.1 Å². The van der Waals surface area contributed by atoms with Crippen LogP contribution in [-0.4, -0.2) is 6.54 Å². The highest BCUT2D eigenvalue weighted by Gasteiger charge is 2.20. The Morgan fingerprint density at radius 3 is 2.52 bits per heavy atom. The van der Waals surface area contributed by atoms with Crippen molar-refractivity contribution in [3.8, 4) is 11.1 Å². The first-order chi connectivity index (χ1) is 9.95. The van der Waals surface area contributed by atoms with Crippen molar-refractivity contribution in [2.75, 3.05) is 6.54 Å². The van der Waals surface area contributed by atoms with E-state index >= 15 is 0 Å². The van der Waals surface area contributed by atoms with Gasteiger partial charge in [-0.05, 0) is 64.8 Å². The number of hydrogen-bond donors (Lipinski definition) is 1. The lowest BCUT2D eigenvalue weighted by atomic mass is 9.94. The van der Waals surface area contributed by atoms with Crippen LogP contribution >= 0.6 is 15.9 Å². The number of benzene rings is 2. The highest BCUT2D eigenvalue weighted by Crippen LogP contribution is 2.35. The summed E-state index contributed by atoms with van der Waals surface area (Å²) in [5.41, 5.74) is 0.650. The highest BCUT2D eigenvalue weighted by atomic mass is 79.9. The first-order valence-electron chi connectivity index (χ1n) is 6.62. The minimum atomic E-state index is -0.731. The van der Waals surface area contributed by atoms with Crippen molar-refractivity contribution in [2.24, 2.45) is 0 Å². The van der Waals surface area contributed by atoms with Crippen molar-refractivity contribution in [1.29, 1.82) is 0 Å². The third kappa shape index (κ3) is 3.30. The Bertz CT molecular complexity index is 658. The van der Waals surface area contributed by atoms with Gasteiger partial charge >= 0.3 is 0 Å². The van der Waals surface area contributed by atoms with Crippen LogP contribution in [0.3, 0.4) is 0 Å². The van der Waals surface area contributed by atoms with Gasteiger partial charge in [0.25, 0.3) is 0 Å². The Kier molecular flexibility index (Phi) is 5.06. The molecule has 1 N–H and O–H groups in total. The van der Waals surface area contributed by atoms with E-state index in [1.807, 2.05) is 13.8 Å². The molecule has 0 aliphatic carbocycles. The smallest absolute Gasteiger partial charge is 0.148 e. The van der Waals surface area contributed by atoms with Gasteiger partial charge in [-0.3, -0.25) is 0 Å². The van der Waals surface area contributed by atoms with E-state index in [1.165, 1.54) is 12.1 Å². The second-order valence-electron chi connectivity index (χ2n) is 4.73. The van der Waals surface area contributed by atoms with Crippen LogP contribution in [0.2, 0.25) is 0 Å². The lowest BCUT2D eigenvalue weighted by Crippen LogP contribution is -2.18. The van der Waals surface area contributed by atoms with E-state index in [9.17, 15) is 13.2 Å². The summed E-state index contributed by atoms with van der Waals surface area (Å²) < 4.78 is 42.1. The molecule has 0 radical (unpaired) electrons.